The molecule has 12 rings (SSSR count). The quantitative estimate of drug-likeness (QED) is 0.173. The van der Waals surface area contributed by atoms with Crippen molar-refractivity contribution >= 4 is 75.5 Å². The Balaban J connectivity index is 1.04. The highest BCUT2D eigenvalue weighted by molar-refractivity contribution is 7.25. The number of rotatable bonds is 5. The zero-order valence-electron chi connectivity index (χ0n) is 30.0. The number of hydrogen-bond donors (Lipinski definition) is 0. The van der Waals surface area contributed by atoms with Gasteiger partial charge in [0.2, 0.25) is 0 Å². The second-order valence-electron chi connectivity index (χ2n) is 14.0. The lowest BCUT2D eigenvalue weighted by atomic mass is 10.0. The lowest BCUT2D eigenvalue weighted by Gasteiger charge is -2.09. The van der Waals surface area contributed by atoms with E-state index in [0.717, 1.165) is 60.7 Å². The molecular weight excluding hydrogens is 723 g/mol. The van der Waals surface area contributed by atoms with Crippen molar-refractivity contribution in [3.63, 3.8) is 0 Å². The molecule has 5 heterocycles. The molecule has 0 unspecified atom stereocenters. The lowest BCUT2D eigenvalue weighted by Crippen LogP contribution is -2.00. The normalized spacial score (nSPS) is 11.9. The molecule has 0 spiro atoms. The van der Waals surface area contributed by atoms with E-state index in [9.17, 15) is 0 Å². The van der Waals surface area contributed by atoms with Gasteiger partial charge >= 0.3 is 0 Å². The zero-order chi connectivity index (χ0) is 37.5. The Morgan fingerprint density at radius 3 is 1.82 bits per heavy atom. The highest BCUT2D eigenvalue weighted by Crippen LogP contribution is 2.41. The molecule has 57 heavy (non-hydrogen) atoms. The minimum Gasteiger partial charge on any atom is -0.456 e. The summed E-state index contributed by atoms with van der Waals surface area (Å²) in [4.78, 5) is 25.4. The first-order valence-corrected chi connectivity index (χ1v) is 19.5. The van der Waals surface area contributed by atoms with Crippen LogP contribution in [-0.4, -0.2) is 24.9 Å². The van der Waals surface area contributed by atoms with Crippen molar-refractivity contribution in [1.29, 1.82) is 0 Å². The first-order chi connectivity index (χ1) is 28.2. The second-order valence-corrected chi connectivity index (χ2v) is 15.1. The van der Waals surface area contributed by atoms with Crippen LogP contribution in [0, 0.1) is 0 Å². The Morgan fingerprint density at radius 2 is 1.00 bits per heavy atom. The number of thiophene rings is 1. The Bertz CT molecular complexity index is 3540. The van der Waals surface area contributed by atoms with E-state index in [0.29, 0.717) is 40.2 Å². The molecule has 8 heteroatoms. The molecule has 0 radical (unpaired) electrons. The van der Waals surface area contributed by atoms with Gasteiger partial charge in [0.05, 0.1) is 0 Å². The summed E-state index contributed by atoms with van der Waals surface area (Å²) in [6, 6.07) is 55.3. The van der Waals surface area contributed by atoms with Gasteiger partial charge < -0.3 is 8.83 Å². The van der Waals surface area contributed by atoms with Crippen LogP contribution in [0.2, 0.25) is 0 Å². The van der Waals surface area contributed by atoms with E-state index < -0.39 is 0 Å². The van der Waals surface area contributed by atoms with Crippen LogP contribution in [0.1, 0.15) is 0 Å². The van der Waals surface area contributed by atoms with Crippen LogP contribution >= 0.6 is 11.3 Å². The van der Waals surface area contributed by atoms with Gasteiger partial charge in [-0.3, -0.25) is 0 Å². The van der Waals surface area contributed by atoms with Crippen molar-refractivity contribution in [1.82, 2.24) is 24.9 Å². The van der Waals surface area contributed by atoms with E-state index in [1.165, 1.54) is 20.2 Å². The second kappa shape index (κ2) is 12.5. The summed E-state index contributed by atoms with van der Waals surface area (Å²) in [6.45, 7) is 0. The van der Waals surface area contributed by atoms with E-state index in [1.54, 1.807) is 11.3 Å². The standard InChI is InChI=1S/C49H27N5O2S/c1-3-12-28(13-4-1)46-50-43(45-44(51-46)35-17-7-9-19-37(35)56-45)30-22-25-34-39(26-30)55-38-20-11-18-36(42(34)38)49-53-47(29-14-5-2-6-15-29)52-48(54-49)31-23-24-33-32-16-8-10-21-40(32)57-41(33)27-31/h1-27H. The van der Waals surface area contributed by atoms with Crippen LogP contribution in [0.4, 0.5) is 0 Å². The van der Waals surface area contributed by atoms with Gasteiger partial charge in [0.15, 0.2) is 28.9 Å². The summed E-state index contributed by atoms with van der Waals surface area (Å²) < 4.78 is 15.5. The van der Waals surface area contributed by atoms with Gasteiger partial charge in [-0.05, 0) is 42.5 Å². The van der Waals surface area contributed by atoms with Crippen LogP contribution in [0.15, 0.2) is 173 Å². The highest BCUT2D eigenvalue weighted by atomic mass is 32.1. The van der Waals surface area contributed by atoms with Crippen molar-refractivity contribution in [2.75, 3.05) is 0 Å². The maximum Gasteiger partial charge on any atom is 0.180 e. The SMILES string of the molecule is c1ccc(-c2nc(-c3ccc4c(c3)sc3ccccc34)nc(-c3cccc4oc5cc(-c6nc(-c7ccccc7)nc7c6oc6ccccc67)ccc5c34)n2)cc1. The molecule has 0 saturated carbocycles. The fraction of sp³-hybridized carbons (Fsp3) is 0. The molecule has 0 aliphatic heterocycles. The molecule has 12 aromatic rings. The first kappa shape index (κ1) is 31.8. The van der Waals surface area contributed by atoms with E-state index in [-0.39, 0.29) is 0 Å². The minimum atomic E-state index is 0.569. The Hall–Kier alpha value is -7.55. The molecule has 0 fully saturated rings. The van der Waals surface area contributed by atoms with E-state index in [2.05, 4.69) is 60.7 Å². The minimum absolute atomic E-state index is 0.569. The maximum absolute atomic E-state index is 6.63. The smallest absolute Gasteiger partial charge is 0.180 e. The van der Waals surface area contributed by atoms with Crippen molar-refractivity contribution in [2.45, 2.75) is 0 Å². The van der Waals surface area contributed by atoms with Crippen molar-refractivity contribution in [3.05, 3.63) is 164 Å². The summed E-state index contributed by atoms with van der Waals surface area (Å²) in [7, 11) is 0. The molecule has 266 valence electrons. The zero-order valence-corrected chi connectivity index (χ0v) is 30.9. The van der Waals surface area contributed by atoms with Gasteiger partial charge in [-0.1, -0.05) is 121 Å². The lowest BCUT2D eigenvalue weighted by molar-refractivity contribution is 0.666. The Labute approximate surface area is 328 Å². The van der Waals surface area contributed by atoms with Gasteiger partial charge in [-0.2, -0.15) is 0 Å². The average Bonchev–Trinajstić information content (AvgIpc) is 3.97. The van der Waals surface area contributed by atoms with Crippen LogP contribution in [0.5, 0.6) is 0 Å². The third-order valence-corrected chi connectivity index (χ3v) is 11.7. The van der Waals surface area contributed by atoms with Gasteiger partial charge in [0.1, 0.15) is 28.0 Å². The van der Waals surface area contributed by atoms with Crippen LogP contribution in [0.25, 0.3) is 121 Å². The van der Waals surface area contributed by atoms with Crippen LogP contribution < -0.4 is 0 Å². The van der Waals surface area contributed by atoms with Gasteiger partial charge in [-0.15, -0.1) is 11.3 Å². The number of benzene rings is 7. The molecular formula is C49H27N5O2S. The third kappa shape index (κ3) is 5.15. The average molecular weight is 750 g/mol. The van der Waals surface area contributed by atoms with Gasteiger partial charge in [0.25, 0.3) is 0 Å². The predicted molar refractivity (Wildman–Crippen MR) is 230 cm³/mol. The summed E-state index contributed by atoms with van der Waals surface area (Å²) in [5.41, 5.74) is 8.80. The van der Waals surface area contributed by atoms with Crippen molar-refractivity contribution in [3.8, 4) is 56.8 Å². The summed E-state index contributed by atoms with van der Waals surface area (Å²) in [5.74, 6) is 2.41. The Morgan fingerprint density at radius 1 is 0.368 bits per heavy atom. The first-order valence-electron chi connectivity index (χ1n) is 18.7. The maximum atomic E-state index is 6.63. The molecule has 0 aliphatic carbocycles. The van der Waals surface area contributed by atoms with Gasteiger partial charge in [0, 0.05) is 64.1 Å². The van der Waals surface area contributed by atoms with Gasteiger partial charge in [-0.25, -0.2) is 24.9 Å². The molecule has 0 aliphatic rings. The molecule has 0 amide bonds. The monoisotopic (exact) mass is 749 g/mol. The summed E-state index contributed by atoms with van der Waals surface area (Å²) in [5, 5.41) is 5.29. The van der Waals surface area contributed by atoms with Crippen LogP contribution in [0.3, 0.4) is 0 Å². The third-order valence-electron chi connectivity index (χ3n) is 10.6. The number of aromatic nitrogens is 5. The van der Waals surface area contributed by atoms with E-state index >= 15 is 0 Å². The molecule has 7 aromatic carbocycles. The molecule has 0 atom stereocenters. The number of fused-ring (bicyclic) bond motifs is 9. The predicted octanol–water partition coefficient (Wildman–Crippen LogP) is 13.2. The molecule has 0 bridgehead atoms. The summed E-state index contributed by atoms with van der Waals surface area (Å²) in [6.07, 6.45) is 0. The molecule has 0 saturated heterocycles. The molecule has 7 nitrogen and oxygen atoms in total. The highest BCUT2D eigenvalue weighted by Gasteiger charge is 2.22. The van der Waals surface area contributed by atoms with Crippen molar-refractivity contribution in [2.24, 2.45) is 0 Å². The molecule has 5 aromatic heterocycles. The number of hydrogen-bond acceptors (Lipinski definition) is 8. The largest absolute Gasteiger partial charge is 0.456 e. The molecule has 0 N–H and O–H groups in total. The number of nitrogens with zero attached hydrogens (tertiary/aromatic N) is 5. The fourth-order valence-corrected chi connectivity index (χ4v) is 9.01. The van der Waals surface area contributed by atoms with E-state index in [1.807, 2.05) is 103 Å². The number of para-hydroxylation sites is 1. The van der Waals surface area contributed by atoms with Crippen LogP contribution in [-0.2, 0) is 0 Å². The fourth-order valence-electron chi connectivity index (χ4n) is 7.87. The summed E-state index contributed by atoms with van der Waals surface area (Å²) >= 11 is 1.78. The Kier molecular flexibility index (Phi) is 6.96. The van der Waals surface area contributed by atoms with Crippen molar-refractivity contribution < 1.29 is 8.83 Å². The topological polar surface area (TPSA) is 90.7 Å². The number of furan rings is 2. The van der Waals surface area contributed by atoms with E-state index in [4.69, 9.17) is 33.8 Å².